The molecule has 0 aliphatic heterocycles. The lowest BCUT2D eigenvalue weighted by Gasteiger charge is -2.17. The molecule has 0 spiro atoms. The third-order valence-corrected chi connectivity index (χ3v) is 5.59. The van der Waals surface area contributed by atoms with Crippen LogP contribution < -0.4 is 4.74 Å². The maximum Gasteiger partial charge on any atom is 0.181 e. The molecule has 3 heterocycles. The van der Waals surface area contributed by atoms with Crippen LogP contribution >= 0.6 is 11.6 Å². The fraction of sp³-hybridized carbons (Fsp3) is 0.304. The van der Waals surface area contributed by atoms with E-state index in [1.54, 1.807) is 51.7 Å². The standard InChI is InChI=1S/C23H24ClN5O3/c1-14-16(13-27-29(14)12-9-23(2,3)30)21-18(22-25-10-6-11-26-22)20(28-32-21)15-7-5-8-17(31-4)19(15)24/h5-8,10-11,13,30H,9,12H2,1-4H3. The summed E-state index contributed by atoms with van der Waals surface area (Å²) in [6, 6.07) is 7.21. The topological polar surface area (TPSA) is 99.1 Å². The number of rotatable bonds is 7. The number of hydrogen-bond donors (Lipinski definition) is 1. The predicted molar refractivity (Wildman–Crippen MR) is 121 cm³/mol. The number of nitrogens with zero attached hydrogens (tertiary/aromatic N) is 5. The Morgan fingerprint density at radius 1 is 1.16 bits per heavy atom. The van der Waals surface area contributed by atoms with Gasteiger partial charge in [0.2, 0.25) is 0 Å². The van der Waals surface area contributed by atoms with Gasteiger partial charge in [-0.25, -0.2) is 9.97 Å². The summed E-state index contributed by atoms with van der Waals surface area (Å²) in [6.45, 7) is 6.06. The van der Waals surface area contributed by atoms with Gasteiger partial charge in [0.25, 0.3) is 0 Å². The quantitative estimate of drug-likeness (QED) is 0.429. The van der Waals surface area contributed by atoms with E-state index in [0.29, 0.717) is 52.1 Å². The van der Waals surface area contributed by atoms with E-state index in [-0.39, 0.29) is 0 Å². The fourth-order valence-corrected chi connectivity index (χ4v) is 3.71. The number of aromatic nitrogens is 5. The molecule has 0 amide bonds. The lowest BCUT2D eigenvalue weighted by atomic mass is 10.0. The summed E-state index contributed by atoms with van der Waals surface area (Å²) in [6.07, 6.45) is 5.61. The van der Waals surface area contributed by atoms with Crippen molar-refractivity contribution in [2.24, 2.45) is 0 Å². The Morgan fingerprint density at radius 2 is 1.91 bits per heavy atom. The molecule has 8 nitrogen and oxygen atoms in total. The molecule has 0 aliphatic carbocycles. The van der Waals surface area contributed by atoms with Crippen LogP contribution in [0.4, 0.5) is 0 Å². The molecule has 4 rings (SSSR count). The molecule has 32 heavy (non-hydrogen) atoms. The first kappa shape index (κ1) is 22.0. The lowest BCUT2D eigenvalue weighted by molar-refractivity contribution is 0.0649. The van der Waals surface area contributed by atoms with E-state index >= 15 is 0 Å². The number of ether oxygens (including phenoxy) is 1. The molecule has 0 fully saturated rings. The van der Waals surface area contributed by atoms with E-state index in [0.717, 1.165) is 11.3 Å². The van der Waals surface area contributed by atoms with Gasteiger partial charge >= 0.3 is 0 Å². The third-order valence-electron chi connectivity index (χ3n) is 5.20. The van der Waals surface area contributed by atoms with Crippen molar-refractivity contribution in [2.45, 2.75) is 39.3 Å². The van der Waals surface area contributed by atoms with E-state index < -0.39 is 5.60 Å². The van der Waals surface area contributed by atoms with Crippen LogP contribution in [0.5, 0.6) is 5.75 Å². The number of benzene rings is 1. The molecule has 1 aromatic carbocycles. The van der Waals surface area contributed by atoms with Gasteiger partial charge in [0.05, 0.1) is 35.1 Å². The highest BCUT2D eigenvalue weighted by Crippen LogP contribution is 2.43. The highest BCUT2D eigenvalue weighted by Gasteiger charge is 2.27. The molecule has 0 bridgehead atoms. The number of halogens is 1. The molecule has 0 radical (unpaired) electrons. The van der Waals surface area contributed by atoms with Gasteiger partial charge in [-0.1, -0.05) is 28.9 Å². The lowest BCUT2D eigenvalue weighted by Crippen LogP contribution is -2.21. The van der Waals surface area contributed by atoms with Crippen LogP contribution in [0.1, 0.15) is 26.0 Å². The van der Waals surface area contributed by atoms with E-state index in [9.17, 15) is 5.11 Å². The van der Waals surface area contributed by atoms with Crippen molar-refractivity contribution in [2.75, 3.05) is 7.11 Å². The molecule has 3 aromatic heterocycles. The fourth-order valence-electron chi connectivity index (χ4n) is 3.42. The molecular weight excluding hydrogens is 430 g/mol. The van der Waals surface area contributed by atoms with Crippen LogP contribution in [-0.4, -0.2) is 42.7 Å². The van der Waals surface area contributed by atoms with Crippen molar-refractivity contribution in [3.8, 4) is 39.7 Å². The Kier molecular flexibility index (Phi) is 5.99. The summed E-state index contributed by atoms with van der Waals surface area (Å²) in [4.78, 5) is 8.85. The van der Waals surface area contributed by atoms with Gasteiger partial charge in [-0.05, 0) is 39.3 Å². The van der Waals surface area contributed by atoms with Crippen LogP contribution in [0.2, 0.25) is 5.02 Å². The zero-order chi connectivity index (χ0) is 22.9. The number of hydrogen-bond acceptors (Lipinski definition) is 7. The molecule has 1 N–H and O–H groups in total. The summed E-state index contributed by atoms with van der Waals surface area (Å²) < 4.78 is 13.0. The van der Waals surface area contributed by atoms with Crippen molar-refractivity contribution < 1.29 is 14.4 Å². The Morgan fingerprint density at radius 3 is 2.59 bits per heavy atom. The van der Waals surface area contributed by atoms with E-state index in [1.165, 1.54) is 0 Å². The van der Waals surface area contributed by atoms with Crippen molar-refractivity contribution in [1.82, 2.24) is 24.9 Å². The highest BCUT2D eigenvalue weighted by atomic mass is 35.5. The zero-order valence-electron chi connectivity index (χ0n) is 18.3. The van der Waals surface area contributed by atoms with Crippen LogP contribution in [-0.2, 0) is 6.54 Å². The number of methoxy groups -OCH3 is 1. The Balaban J connectivity index is 1.86. The molecule has 9 heteroatoms. The highest BCUT2D eigenvalue weighted by molar-refractivity contribution is 6.35. The van der Waals surface area contributed by atoms with Crippen LogP contribution in [0, 0.1) is 6.92 Å². The van der Waals surface area contributed by atoms with E-state index in [2.05, 4.69) is 20.2 Å². The summed E-state index contributed by atoms with van der Waals surface area (Å²) >= 11 is 6.59. The summed E-state index contributed by atoms with van der Waals surface area (Å²) in [7, 11) is 1.56. The maximum atomic E-state index is 10.1. The minimum atomic E-state index is -0.788. The van der Waals surface area contributed by atoms with Crippen LogP contribution in [0.25, 0.3) is 34.0 Å². The molecular formula is C23H24ClN5O3. The molecule has 0 atom stereocenters. The van der Waals surface area contributed by atoms with Gasteiger partial charge < -0.3 is 14.4 Å². The van der Waals surface area contributed by atoms with Gasteiger partial charge in [-0.3, -0.25) is 4.68 Å². The van der Waals surface area contributed by atoms with Gasteiger partial charge in [0, 0.05) is 30.2 Å². The van der Waals surface area contributed by atoms with Crippen LogP contribution in [0.3, 0.4) is 0 Å². The van der Waals surface area contributed by atoms with Gasteiger partial charge in [0.1, 0.15) is 11.4 Å². The minimum absolute atomic E-state index is 0.421. The zero-order valence-corrected chi connectivity index (χ0v) is 19.1. The average Bonchev–Trinajstić information content (AvgIpc) is 3.36. The first-order valence-electron chi connectivity index (χ1n) is 10.1. The molecule has 0 saturated heterocycles. The van der Waals surface area contributed by atoms with Gasteiger partial charge in [0.15, 0.2) is 11.6 Å². The molecule has 0 unspecified atom stereocenters. The summed E-state index contributed by atoms with van der Waals surface area (Å²) in [5.74, 6) is 1.49. The average molecular weight is 454 g/mol. The monoisotopic (exact) mass is 453 g/mol. The molecule has 0 aliphatic rings. The predicted octanol–water partition coefficient (Wildman–Crippen LogP) is 4.79. The first-order valence-corrected chi connectivity index (χ1v) is 10.5. The van der Waals surface area contributed by atoms with Gasteiger partial charge in [-0.15, -0.1) is 0 Å². The Bertz CT molecular complexity index is 1230. The molecule has 4 aromatic rings. The second-order valence-electron chi connectivity index (χ2n) is 8.06. The summed E-state index contributed by atoms with van der Waals surface area (Å²) in [5.41, 5.74) is 2.64. The third kappa shape index (κ3) is 4.24. The smallest absolute Gasteiger partial charge is 0.181 e. The van der Waals surface area contributed by atoms with Crippen molar-refractivity contribution in [3.05, 3.63) is 53.6 Å². The molecule has 166 valence electrons. The normalized spacial score (nSPS) is 11.7. The van der Waals surface area contributed by atoms with Crippen molar-refractivity contribution in [3.63, 3.8) is 0 Å². The largest absolute Gasteiger partial charge is 0.495 e. The first-order chi connectivity index (χ1) is 15.3. The van der Waals surface area contributed by atoms with Gasteiger partial charge in [-0.2, -0.15) is 5.10 Å². The second kappa shape index (κ2) is 8.72. The minimum Gasteiger partial charge on any atom is -0.495 e. The Labute approximate surface area is 190 Å². The van der Waals surface area contributed by atoms with Crippen LogP contribution in [0.15, 0.2) is 47.4 Å². The summed E-state index contributed by atoms with van der Waals surface area (Å²) in [5, 5.41) is 19.3. The maximum absolute atomic E-state index is 10.1. The van der Waals surface area contributed by atoms with E-state index in [1.807, 2.05) is 23.7 Å². The van der Waals surface area contributed by atoms with E-state index in [4.69, 9.17) is 20.9 Å². The number of aliphatic hydroxyl groups is 1. The second-order valence-corrected chi connectivity index (χ2v) is 8.44. The number of aryl methyl sites for hydroxylation is 1. The SMILES string of the molecule is COc1cccc(-c2noc(-c3cnn(CCC(C)(C)O)c3C)c2-c2ncccn2)c1Cl. The van der Waals surface area contributed by atoms with Crippen molar-refractivity contribution >= 4 is 11.6 Å². The van der Waals surface area contributed by atoms with Crippen molar-refractivity contribution in [1.29, 1.82) is 0 Å². The Hall–Kier alpha value is -3.23. The molecule has 0 saturated carbocycles.